The SMILES string of the molecule is CCOc1ccccc1C(=O)NCCCC(=O)OCC(=O)c1cccc(F)c1. The molecule has 0 fully saturated rings. The number of hydrogen-bond donors (Lipinski definition) is 1. The Kier molecular flexibility index (Phi) is 8.14. The number of hydrogen-bond acceptors (Lipinski definition) is 5. The van der Waals surface area contributed by atoms with Gasteiger partial charge in [-0.3, -0.25) is 14.4 Å². The molecule has 0 aliphatic carbocycles. The number of carbonyl (C=O) groups excluding carboxylic acids is 3. The molecule has 2 aromatic carbocycles. The van der Waals surface area contributed by atoms with E-state index in [0.717, 1.165) is 6.07 Å². The van der Waals surface area contributed by atoms with Gasteiger partial charge in [0.25, 0.3) is 5.91 Å². The molecule has 0 aliphatic rings. The summed E-state index contributed by atoms with van der Waals surface area (Å²) in [5, 5.41) is 2.71. The van der Waals surface area contributed by atoms with E-state index in [1.165, 1.54) is 18.2 Å². The third-order valence-electron chi connectivity index (χ3n) is 3.79. The van der Waals surface area contributed by atoms with Crippen molar-refractivity contribution in [2.75, 3.05) is 19.8 Å². The van der Waals surface area contributed by atoms with E-state index in [0.29, 0.717) is 24.3 Å². The van der Waals surface area contributed by atoms with Crippen molar-refractivity contribution >= 4 is 17.7 Å². The van der Waals surface area contributed by atoms with Gasteiger partial charge in [0.2, 0.25) is 0 Å². The Morgan fingerprint density at radius 3 is 2.61 bits per heavy atom. The number of benzene rings is 2. The van der Waals surface area contributed by atoms with Gasteiger partial charge in [-0.1, -0.05) is 24.3 Å². The van der Waals surface area contributed by atoms with E-state index in [-0.39, 0.29) is 24.4 Å². The van der Waals surface area contributed by atoms with Gasteiger partial charge in [-0.05, 0) is 37.6 Å². The highest BCUT2D eigenvalue weighted by molar-refractivity contribution is 5.98. The van der Waals surface area contributed by atoms with Crippen LogP contribution in [0.4, 0.5) is 4.39 Å². The van der Waals surface area contributed by atoms with E-state index < -0.39 is 24.2 Å². The molecule has 7 heteroatoms. The Hall–Kier alpha value is -3.22. The first kappa shape index (κ1) is 21.1. The zero-order chi connectivity index (χ0) is 20.4. The molecule has 0 spiro atoms. The number of ketones is 1. The summed E-state index contributed by atoms with van der Waals surface area (Å²) in [7, 11) is 0. The van der Waals surface area contributed by atoms with Crippen LogP contribution in [0.3, 0.4) is 0 Å². The second-order valence-corrected chi connectivity index (χ2v) is 5.88. The van der Waals surface area contributed by atoms with Crippen LogP contribution in [0.5, 0.6) is 5.75 Å². The maximum Gasteiger partial charge on any atom is 0.306 e. The van der Waals surface area contributed by atoms with Crippen molar-refractivity contribution in [2.24, 2.45) is 0 Å². The van der Waals surface area contributed by atoms with E-state index in [9.17, 15) is 18.8 Å². The second-order valence-electron chi connectivity index (χ2n) is 5.88. The van der Waals surface area contributed by atoms with Gasteiger partial charge < -0.3 is 14.8 Å². The summed E-state index contributed by atoms with van der Waals surface area (Å²) in [5.41, 5.74) is 0.570. The zero-order valence-corrected chi connectivity index (χ0v) is 15.6. The fourth-order valence-electron chi connectivity index (χ4n) is 2.43. The largest absolute Gasteiger partial charge is 0.493 e. The van der Waals surface area contributed by atoms with E-state index in [1.54, 1.807) is 24.3 Å². The summed E-state index contributed by atoms with van der Waals surface area (Å²) >= 11 is 0. The first-order valence-corrected chi connectivity index (χ1v) is 8.95. The highest BCUT2D eigenvalue weighted by Crippen LogP contribution is 2.17. The van der Waals surface area contributed by atoms with Crippen LogP contribution >= 0.6 is 0 Å². The molecule has 148 valence electrons. The van der Waals surface area contributed by atoms with Crippen LogP contribution in [0.25, 0.3) is 0 Å². The minimum atomic E-state index is -0.561. The van der Waals surface area contributed by atoms with Crippen LogP contribution < -0.4 is 10.1 Å². The fraction of sp³-hybridized carbons (Fsp3) is 0.286. The summed E-state index contributed by atoms with van der Waals surface area (Å²) in [6, 6.07) is 12.1. The quantitative estimate of drug-likeness (QED) is 0.385. The molecule has 0 saturated carbocycles. The molecule has 0 saturated heterocycles. The second kappa shape index (κ2) is 10.8. The summed E-state index contributed by atoms with van der Waals surface area (Å²) in [5.74, 6) is -1.36. The molecular formula is C21H22FNO5. The third-order valence-corrected chi connectivity index (χ3v) is 3.79. The molecule has 0 atom stereocenters. The van der Waals surface area contributed by atoms with Gasteiger partial charge in [-0.25, -0.2) is 4.39 Å². The monoisotopic (exact) mass is 387 g/mol. The average Bonchev–Trinajstić information content (AvgIpc) is 2.70. The lowest BCUT2D eigenvalue weighted by Crippen LogP contribution is -2.25. The zero-order valence-electron chi connectivity index (χ0n) is 15.6. The van der Waals surface area contributed by atoms with Gasteiger partial charge in [0.05, 0.1) is 12.2 Å². The molecular weight excluding hydrogens is 365 g/mol. The minimum Gasteiger partial charge on any atom is -0.493 e. The van der Waals surface area contributed by atoms with Gasteiger partial charge in [0.15, 0.2) is 12.4 Å². The molecule has 6 nitrogen and oxygen atoms in total. The van der Waals surface area contributed by atoms with Gasteiger partial charge in [0.1, 0.15) is 11.6 Å². The van der Waals surface area contributed by atoms with Gasteiger partial charge >= 0.3 is 5.97 Å². The third kappa shape index (κ3) is 6.50. The van der Waals surface area contributed by atoms with Crippen LogP contribution in [-0.2, 0) is 9.53 Å². The molecule has 2 aromatic rings. The molecule has 1 amide bonds. The Balaban J connectivity index is 1.70. The number of para-hydroxylation sites is 1. The molecule has 0 aliphatic heterocycles. The van der Waals surface area contributed by atoms with Crippen molar-refractivity contribution < 1.29 is 28.2 Å². The van der Waals surface area contributed by atoms with Crippen molar-refractivity contribution in [2.45, 2.75) is 19.8 Å². The average molecular weight is 387 g/mol. The summed E-state index contributed by atoms with van der Waals surface area (Å²) < 4.78 is 23.4. The number of Topliss-reactive ketones (excluding diaryl/α,β-unsaturated/α-hetero) is 1. The van der Waals surface area contributed by atoms with Crippen LogP contribution in [-0.4, -0.2) is 37.4 Å². The van der Waals surface area contributed by atoms with Gasteiger partial charge in [-0.15, -0.1) is 0 Å². The van der Waals surface area contributed by atoms with Crippen LogP contribution in [0.15, 0.2) is 48.5 Å². The Bertz CT molecular complexity index is 837. The van der Waals surface area contributed by atoms with E-state index >= 15 is 0 Å². The Morgan fingerprint density at radius 1 is 1.07 bits per heavy atom. The number of rotatable bonds is 10. The normalized spacial score (nSPS) is 10.2. The number of amides is 1. The smallest absolute Gasteiger partial charge is 0.306 e. The van der Waals surface area contributed by atoms with Crippen molar-refractivity contribution in [1.82, 2.24) is 5.32 Å². The highest BCUT2D eigenvalue weighted by Gasteiger charge is 2.13. The van der Waals surface area contributed by atoms with Crippen LogP contribution in [0, 0.1) is 5.82 Å². The molecule has 0 aromatic heterocycles. The Morgan fingerprint density at radius 2 is 1.86 bits per heavy atom. The summed E-state index contributed by atoms with van der Waals surface area (Å²) in [6.45, 7) is 2.10. The van der Waals surface area contributed by atoms with Crippen molar-refractivity contribution in [3.8, 4) is 5.75 Å². The minimum absolute atomic E-state index is 0.0455. The first-order chi connectivity index (χ1) is 13.5. The molecule has 0 radical (unpaired) electrons. The summed E-state index contributed by atoms with van der Waals surface area (Å²) in [4.78, 5) is 35.8. The molecule has 0 bridgehead atoms. The van der Waals surface area contributed by atoms with Crippen molar-refractivity contribution in [1.29, 1.82) is 0 Å². The summed E-state index contributed by atoms with van der Waals surface area (Å²) in [6.07, 6.45) is 0.402. The standard InChI is InChI=1S/C21H22FNO5/c1-2-27-19-10-4-3-9-17(19)21(26)23-12-6-11-20(25)28-14-18(24)15-7-5-8-16(22)13-15/h3-5,7-10,13H,2,6,11-12,14H2,1H3,(H,23,26). The number of ether oxygens (including phenoxy) is 2. The Labute approximate surface area is 162 Å². The van der Waals surface area contributed by atoms with Crippen LogP contribution in [0.2, 0.25) is 0 Å². The maximum absolute atomic E-state index is 13.1. The molecule has 0 heterocycles. The highest BCUT2D eigenvalue weighted by atomic mass is 19.1. The maximum atomic E-state index is 13.1. The number of halogens is 1. The lowest BCUT2D eigenvalue weighted by molar-refractivity contribution is -0.142. The lowest BCUT2D eigenvalue weighted by atomic mass is 10.1. The van der Waals surface area contributed by atoms with Gasteiger partial charge in [0, 0.05) is 18.5 Å². The fourth-order valence-corrected chi connectivity index (χ4v) is 2.43. The molecule has 0 unspecified atom stereocenters. The van der Waals surface area contributed by atoms with Crippen molar-refractivity contribution in [3.63, 3.8) is 0 Å². The van der Waals surface area contributed by atoms with Gasteiger partial charge in [-0.2, -0.15) is 0 Å². The predicted molar refractivity (Wildman–Crippen MR) is 101 cm³/mol. The van der Waals surface area contributed by atoms with E-state index in [2.05, 4.69) is 5.32 Å². The number of nitrogens with one attached hydrogen (secondary N) is 1. The van der Waals surface area contributed by atoms with E-state index in [1.807, 2.05) is 6.92 Å². The topological polar surface area (TPSA) is 81.7 Å². The molecule has 28 heavy (non-hydrogen) atoms. The number of esters is 1. The molecule has 2 rings (SSSR count). The molecule has 1 N–H and O–H groups in total. The van der Waals surface area contributed by atoms with E-state index in [4.69, 9.17) is 9.47 Å². The first-order valence-electron chi connectivity index (χ1n) is 8.95. The number of carbonyl (C=O) groups is 3. The van der Waals surface area contributed by atoms with Crippen molar-refractivity contribution in [3.05, 3.63) is 65.5 Å². The van der Waals surface area contributed by atoms with Crippen LogP contribution in [0.1, 0.15) is 40.5 Å². The predicted octanol–water partition coefficient (Wildman–Crippen LogP) is 3.16. The lowest BCUT2D eigenvalue weighted by Gasteiger charge is -2.10.